The number of aliphatic hydroxyl groups excluding tert-OH is 4. The number of allylic oxidation sites excluding steroid dienone is 1. The Bertz CT molecular complexity index is 2110. The number of benzene rings is 1. The van der Waals surface area contributed by atoms with Gasteiger partial charge < -0.3 is 59.3 Å². The lowest BCUT2D eigenvalue weighted by atomic mass is 9.50. The maximum atomic E-state index is 13.5. The highest BCUT2D eigenvalue weighted by atomic mass is 33.1. The van der Waals surface area contributed by atoms with Crippen molar-refractivity contribution in [3.05, 3.63) is 36.1 Å². The number of hydrogen-bond acceptors (Lipinski definition) is 15. The second kappa shape index (κ2) is 18.3. The number of furan rings is 1. The average molecular weight is 956 g/mol. The van der Waals surface area contributed by atoms with Gasteiger partial charge in [-0.05, 0) is 131 Å². The molecule has 7 N–H and O–H groups in total. The maximum Gasteiger partial charge on any atom is 0.306 e. The summed E-state index contributed by atoms with van der Waals surface area (Å²) in [6.07, 6.45) is 14.9. The Morgan fingerprint density at radius 1 is 0.955 bits per heavy atom. The second-order valence-corrected chi connectivity index (χ2v) is 24.8. The summed E-state index contributed by atoms with van der Waals surface area (Å²) in [6, 6.07) is 3.79. The van der Waals surface area contributed by atoms with Crippen LogP contribution in [0.2, 0.25) is 0 Å². The van der Waals surface area contributed by atoms with Crippen LogP contribution in [0.4, 0.5) is 0 Å². The lowest BCUT2D eigenvalue weighted by Gasteiger charge is -2.67. The molecule has 14 atom stereocenters. The molecule has 4 heterocycles. The molecular formula is C51H73NO12S2. The molecule has 0 radical (unpaired) electrons. The number of hydrogen-bond donors (Lipinski definition) is 7. The van der Waals surface area contributed by atoms with E-state index in [-0.39, 0.29) is 72.4 Å². The predicted octanol–water partition coefficient (Wildman–Crippen LogP) is 6.75. The van der Waals surface area contributed by atoms with Gasteiger partial charge in [-0.15, -0.1) is 0 Å². The van der Waals surface area contributed by atoms with Crippen LogP contribution >= 0.6 is 21.6 Å². The highest BCUT2D eigenvalue weighted by Crippen LogP contribution is 2.69. The molecule has 366 valence electrons. The zero-order valence-corrected chi connectivity index (χ0v) is 40.4. The molecule has 5 aliphatic carbocycles. The molecule has 0 amide bonds. The van der Waals surface area contributed by atoms with Crippen molar-refractivity contribution >= 4 is 38.5 Å². The molecule has 10 rings (SSSR count). The van der Waals surface area contributed by atoms with Crippen LogP contribution < -0.4 is 14.8 Å². The fourth-order valence-corrected chi connectivity index (χ4v) is 19.0. The molecule has 8 aliphatic rings. The second-order valence-electron chi connectivity index (χ2n) is 22.1. The number of nitrogens with one attached hydrogen (secondary N) is 1. The van der Waals surface area contributed by atoms with E-state index in [1.54, 1.807) is 36.1 Å². The normalized spacial score (nSPS) is 43.4. The van der Waals surface area contributed by atoms with Crippen LogP contribution in [0.25, 0.3) is 11.0 Å². The molecule has 2 aromatic rings. The third-order valence-electron chi connectivity index (χ3n) is 18.3. The number of carbonyl (C=O) groups is 1. The Morgan fingerprint density at radius 2 is 1.76 bits per heavy atom. The third-order valence-corrected chi connectivity index (χ3v) is 21.6. The Hall–Kier alpha value is -2.05. The molecule has 4 spiro atoms. The van der Waals surface area contributed by atoms with Crippen molar-refractivity contribution in [3.8, 4) is 11.5 Å². The number of aryl methyl sites for hydroxylation is 1. The van der Waals surface area contributed by atoms with Crippen molar-refractivity contribution in [3.63, 3.8) is 0 Å². The van der Waals surface area contributed by atoms with E-state index in [0.29, 0.717) is 40.8 Å². The van der Waals surface area contributed by atoms with E-state index in [2.05, 4.69) is 12.2 Å². The van der Waals surface area contributed by atoms with Crippen molar-refractivity contribution in [1.82, 2.24) is 5.32 Å². The number of esters is 1. The van der Waals surface area contributed by atoms with Gasteiger partial charge in [-0.1, -0.05) is 66.3 Å². The largest absolute Gasteiger partial charge is 0.485 e. The highest BCUT2D eigenvalue weighted by Gasteiger charge is 2.78. The number of aliphatic hydroxyl groups is 6. The molecule has 2 saturated heterocycles. The molecule has 14 unspecified atom stereocenters. The van der Waals surface area contributed by atoms with Crippen molar-refractivity contribution in [2.45, 2.75) is 182 Å². The molecule has 1 aromatic carbocycles. The van der Waals surface area contributed by atoms with E-state index in [0.717, 1.165) is 38.5 Å². The van der Waals surface area contributed by atoms with Crippen LogP contribution in [0.15, 0.2) is 35.0 Å². The first-order chi connectivity index (χ1) is 31.7. The summed E-state index contributed by atoms with van der Waals surface area (Å²) in [4.78, 5) is 12.9. The maximum absolute atomic E-state index is 13.5. The van der Waals surface area contributed by atoms with E-state index in [1.165, 1.54) is 44.9 Å². The monoisotopic (exact) mass is 955 g/mol. The number of carbonyl (C=O) groups excluding carboxylic acids is 1. The van der Waals surface area contributed by atoms with Gasteiger partial charge in [0, 0.05) is 53.3 Å². The van der Waals surface area contributed by atoms with Gasteiger partial charge in [-0.25, -0.2) is 0 Å². The first kappa shape index (κ1) is 47.6. The minimum Gasteiger partial charge on any atom is -0.485 e. The van der Waals surface area contributed by atoms with Crippen LogP contribution in [0.3, 0.4) is 0 Å². The lowest BCUT2D eigenvalue weighted by molar-refractivity contribution is -0.424. The summed E-state index contributed by atoms with van der Waals surface area (Å²) in [5, 5.41) is 79.9. The molecule has 66 heavy (non-hydrogen) atoms. The molecule has 3 aliphatic heterocycles. The van der Waals surface area contributed by atoms with Crippen molar-refractivity contribution in [1.29, 1.82) is 0 Å². The Kier molecular flexibility index (Phi) is 13.2. The van der Waals surface area contributed by atoms with Crippen LogP contribution in [-0.4, -0.2) is 121 Å². The van der Waals surface area contributed by atoms with Crippen molar-refractivity contribution in [2.24, 2.45) is 34.5 Å². The van der Waals surface area contributed by atoms with Gasteiger partial charge >= 0.3 is 5.97 Å². The minimum atomic E-state index is -2.44. The zero-order valence-electron chi connectivity index (χ0n) is 38.8. The van der Waals surface area contributed by atoms with Gasteiger partial charge in [0.25, 0.3) is 0 Å². The molecule has 15 heteroatoms. The van der Waals surface area contributed by atoms with Gasteiger partial charge in [0.2, 0.25) is 12.0 Å². The summed E-state index contributed by atoms with van der Waals surface area (Å²) in [7, 11) is 3.45. The zero-order chi connectivity index (χ0) is 46.1. The fourth-order valence-electron chi connectivity index (χ4n) is 14.9. The topological polar surface area (TPSA) is 201 Å². The van der Waals surface area contributed by atoms with E-state index in [9.17, 15) is 35.4 Å². The molecule has 4 saturated carbocycles. The third kappa shape index (κ3) is 7.87. The number of fused-ring (bicyclic) bond motifs is 11. The number of ether oxygens (including phenoxy) is 4. The number of rotatable bonds is 5. The molecular weight excluding hydrogens is 883 g/mol. The molecule has 5 bridgehead atoms. The van der Waals surface area contributed by atoms with Gasteiger partial charge in [0.15, 0.2) is 16.9 Å². The van der Waals surface area contributed by atoms with Crippen LogP contribution in [0.5, 0.6) is 11.5 Å². The average Bonchev–Trinajstić information content (AvgIpc) is 4.11. The van der Waals surface area contributed by atoms with E-state index in [4.69, 9.17) is 23.4 Å². The molecule has 6 fully saturated rings. The summed E-state index contributed by atoms with van der Waals surface area (Å²) in [6.45, 7) is 4.49. The lowest BCUT2D eigenvalue weighted by Crippen LogP contribution is -2.86. The van der Waals surface area contributed by atoms with Gasteiger partial charge in [0.05, 0.1) is 25.1 Å². The van der Waals surface area contributed by atoms with E-state index in [1.807, 2.05) is 22.9 Å². The highest BCUT2D eigenvalue weighted by molar-refractivity contribution is 8.77. The predicted molar refractivity (Wildman–Crippen MR) is 252 cm³/mol. The van der Waals surface area contributed by atoms with Gasteiger partial charge in [0.1, 0.15) is 23.9 Å². The molecule has 1 aromatic heterocycles. The Balaban J connectivity index is 1.14. The summed E-state index contributed by atoms with van der Waals surface area (Å²) < 4.78 is 32.4. The van der Waals surface area contributed by atoms with Crippen molar-refractivity contribution in [2.75, 3.05) is 32.1 Å². The van der Waals surface area contributed by atoms with Crippen LogP contribution in [0, 0.1) is 34.5 Å². The first-order valence-corrected chi connectivity index (χ1v) is 27.5. The fraction of sp³-hybridized carbons (Fsp3) is 0.784. The van der Waals surface area contributed by atoms with Gasteiger partial charge in [-0.2, -0.15) is 0 Å². The first-order valence-electron chi connectivity index (χ1n) is 25.2. The van der Waals surface area contributed by atoms with E-state index < -0.39 is 71.7 Å². The Morgan fingerprint density at radius 3 is 2.56 bits per heavy atom. The molecule has 13 nitrogen and oxygen atoms in total. The summed E-state index contributed by atoms with van der Waals surface area (Å²) in [5.41, 5.74) is -4.89. The Labute approximate surface area is 396 Å². The smallest absolute Gasteiger partial charge is 0.306 e. The standard InChI is InChI=1S/C51H73NO12S2/c1-3-60-39(56)14-11-32-25-33-15-23-61-41(33)43-42(32)63-45-51(59)40-34(10-12-36(54)35(40)27-53)26-49(58,44(51)57)50(64-45)30-65-66-48(21-20-47(29-48)19-18-46(28-47)16-4-5-17-46)37(52-22-24-62-43)13-9-31(2)7-6-8-38(50)55/h10,12,15,23,25,31,34-38,40,44-45,52-55,57-59H,3-9,11,13-14,16-22,24,26-30H2,1-2H3. The SMILES string of the molecule is CCOC(=O)CCc1cc2ccoc2c2c1OC1OC3(CSSC4(CCC5(CCC6(CCCC6)C5)C4)C(CCC(C)CCCC3O)NCCO2)C2(O)CC3C=CC(O)C(CO)C3C1(O)C2O. The quantitative estimate of drug-likeness (QED) is 0.0943. The summed E-state index contributed by atoms with van der Waals surface area (Å²) >= 11 is 0. The van der Waals surface area contributed by atoms with E-state index >= 15 is 0 Å². The van der Waals surface area contributed by atoms with Crippen molar-refractivity contribution < 1.29 is 58.8 Å². The van der Waals surface area contributed by atoms with Gasteiger partial charge in [-0.3, -0.25) is 4.79 Å². The van der Waals surface area contributed by atoms with Crippen LogP contribution in [-0.2, 0) is 20.7 Å². The minimum absolute atomic E-state index is 0.00229. The van der Waals surface area contributed by atoms with Crippen LogP contribution in [0.1, 0.15) is 129 Å². The summed E-state index contributed by atoms with van der Waals surface area (Å²) in [5.74, 6) is -2.27.